The Bertz CT molecular complexity index is 158. The second-order valence-electron chi connectivity index (χ2n) is 5.13. The van der Waals surface area contributed by atoms with Crippen LogP contribution in [0.5, 0.6) is 0 Å². The summed E-state index contributed by atoms with van der Waals surface area (Å²) < 4.78 is 0. The van der Waals surface area contributed by atoms with Crippen LogP contribution in [0.3, 0.4) is 0 Å². The van der Waals surface area contributed by atoms with Gasteiger partial charge in [-0.25, -0.2) is 0 Å². The average molecular weight is 257 g/mol. The SMILES string of the molecule is CCCC[C@H](C)NCCCNCCN(CC)CC. The third kappa shape index (κ3) is 11.0. The second kappa shape index (κ2) is 13.3. The molecule has 110 valence electrons. The lowest BCUT2D eigenvalue weighted by Gasteiger charge is -2.18. The van der Waals surface area contributed by atoms with Crippen LogP contribution in [0.25, 0.3) is 0 Å². The summed E-state index contributed by atoms with van der Waals surface area (Å²) in [6, 6.07) is 0.681. The molecule has 0 bridgehead atoms. The Kier molecular flexibility index (Phi) is 13.2. The minimum Gasteiger partial charge on any atom is -0.315 e. The molecule has 0 aromatic heterocycles. The fourth-order valence-electron chi connectivity index (χ4n) is 2.08. The lowest BCUT2D eigenvalue weighted by molar-refractivity contribution is 0.302. The molecule has 0 rings (SSSR count). The van der Waals surface area contributed by atoms with E-state index in [1.165, 1.54) is 32.2 Å². The zero-order valence-corrected chi connectivity index (χ0v) is 13.1. The summed E-state index contributed by atoms with van der Waals surface area (Å²) in [6.45, 7) is 15.9. The van der Waals surface area contributed by atoms with Crippen molar-refractivity contribution in [3.63, 3.8) is 0 Å². The molecule has 0 aliphatic heterocycles. The quantitative estimate of drug-likeness (QED) is 0.496. The zero-order chi connectivity index (χ0) is 13.6. The lowest BCUT2D eigenvalue weighted by atomic mass is 10.1. The molecule has 0 saturated heterocycles. The maximum absolute atomic E-state index is 3.59. The molecule has 0 saturated carbocycles. The highest BCUT2D eigenvalue weighted by Crippen LogP contribution is 1.98. The van der Waals surface area contributed by atoms with Crippen molar-refractivity contribution in [1.29, 1.82) is 0 Å². The Morgan fingerprint density at radius 1 is 0.944 bits per heavy atom. The van der Waals surface area contributed by atoms with E-state index in [4.69, 9.17) is 0 Å². The molecule has 2 N–H and O–H groups in total. The van der Waals surface area contributed by atoms with Crippen molar-refractivity contribution in [2.45, 2.75) is 59.4 Å². The predicted molar refractivity (Wildman–Crippen MR) is 82.3 cm³/mol. The third-order valence-corrected chi connectivity index (χ3v) is 3.51. The van der Waals surface area contributed by atoms with E-state index in [1.807, 2.05) is 0 Å². The monoisotopic (exact) mass is 257 g/mol. The van der Waals surface area contributed by atoms with Crippen LogP contribution in [0.15, 0.2) is 0 Å². The highest BCUT2D eigenvalue weighted by atomic mass is 15.1. The molecule has 0 aliphatic carbocycles. The van der Waals surface area contributed by atoms with Crippen molar-refractivity contribution in [3.05, 3.63) is 0 Å². The highest BCUT2D eigenvalue weighted by molar-refractivity contribution is 4.61. The summed E-state index contributed by atoms with van der Waals surface area (Å²) in [5.41, 5.74) is 0. The van der Waals surface area contributed by atoms with Crippen molar-refractivity contribution in [2.75, 3.05) is 39.3 Å². The van der Waals surface area contributed by atoms with Gasteiger partial charge in [0.25, 0.3) is 0 Å². The molecule has 0 aliphatic rings. The number of rotatable bonds is 13. The molecule has 18 heavy (non-hydrogen) atoms. The Balaban J connectivity index is 3.20. The van der Waals surface area contributed by atoms with E-state index in [1.54, 1.807) is 0 Å². The fraction of sp³-hybridized carbons (Fsp3) is 1.00. The average Bonchev–Trinajstić information content (AvgIpc) is 2.39. The van der Waals surface area contributed by atoms with Crippen LogP contribution >= 0.6 is 0 Å². The first-order valence-electron chi connectivity index (χ1n) is 7.90. The van der Waals surface area contributed by atoms with Gasteiger partial charge in [-0.15, -0.1) is 0 Å². The standard InChI is InChI=1S/C15H35N3/c1-5-8-10-15(4)17-12-9-11-16-13-14-18(6-2)7-3/h15-17H,5-14H2,1-4H3/t15-/m0/s1. The normalized spacial score (nSPS) is 13.2. The number of nitrogens with one attached hydrogen (secondary N) is 2. The van der Waals surface area contributed by atoms with Gasteiger partial charge in [0.05, 0.1) is 0 Å². The Morgan fingerprint density at radius 2 is 1.67 bits per heavy atom. The molecule has 3 nitrogen and oxygen atoms in total. The van der Waals surface area contributed by atoms with Gasteiger partial charge in [0, 0.05) is 19.1 Å². The molecule has 1 atom stereocenters. The summed E-state index contributed by atoms with van der Waals surface area (Å²) in [6.07, 6.45) is 5.19. The molecule has 0 spiro atoms. The maximum atomic E-state index is 3.59. The second-order valence-corrected chi connectivity index (χ2v) is 5.13. The minimum absolute atomic E-state index is 0.681. The number of unbranched alkanes of at least 4 members (excludes halogenated alkanes) is 1. The third-order valence-electron chi connectivity index (χ3n) is 3.51. The topological polar surface area (TPSA) is 27.3 Å². The van der Waals surface area contributed by atoms with Crippen molar-refractivity contribution >= 4 is 0 Å². The van der Waals surface area contributed by atoms with Crippen molar-refractivity contribution in [1.82, 2.24) is 15.5 Å². The van der Waals surface area contributed by atoms with Gasteiger partial charge in [-0.3, -0.25) is 0 Å². The molecule has 0 fully saturated rings. The van der Waals surface area contributed by atoms with Crippen LogP contribution in [-0.4, -0.2) is 50.2 Å². The number of likely N-dealkylation sites (N-methyl/N-ethyl adjacent to an activating group) is 1. The first-order chi connectivity index (χ1) is 8.74. The van der Waals surface area contributed by atoms with E-state index in [0.717, 1.165) is 32.7 Å². The largest absolute Gasteiger partial charge is 0.315 e. The number of hydrogen-bond donors (Lipinski definition) is 2. The summed E-state index contributed by atoms with van der Waals surface area (Å²) in [5.74, 6) is 0. The van der Waals surface area contributed by atoms with Gasteiger partial charge in [0.15, 0.2) is 0 Å². The summed E-state index contributed by atoms with van der Waals surface area (Å²) in [5, 5.41) is 7.11. The van der Waals surface area contributed by atoms with Crippen LogP contribution in [0.1, 0.15) is 53.4 Å². The van der Waals surface area contributed by atoms with Crippen LogP contribution < -0.4 is 10.6 Å². The van der Waals surface area contributed by atoms with Gasteiger partial charge in [-0.2, -0.15) is 0 Å². The molecule has 0 radical (unpaired) electrons. The Morgan fingerprint density at radius 3 is 2.28 bits per heavy atom. The molecule has 0 heterocycles. The molecular formula is C15H35N3. The van der Waals surface area contributed by atoms with Gasteiger partial charge >= 0.3 is 0 Å². The molecule has 3 heteroatoms. The summed E-state index contributed by atoms with van der Waals surface area (Å²) in [7, 11) is 0. The number of hydrogen-bond acceptors (Lipinski definition) is 3. The predicted octanol–water partition coefficient (Wildman–Crippen LogP) is 2.48. The van der Waals surface area contributed by atoms with Crippen LogP contribution in [0.4, 0.5) is 0 Å². The van der Waals surface area contributed by atoms with Crippen molar-refractivity contribution in [2.24, 2.45) is 0 Å². The van der Waals surface area contributed by atoms with Crippen molar-refractivity contribution in [3.8, 4) is 0 Å². The molecular weight excluding hydrogens is 222 g/mol. The highest BCUT2D eigenvalue weighted by Gasteiger charge is 2.00. The van der Waals surface area contributed by atoms with Gasteiger partial charge < -0.3 is 15.5 Å². The van der Waals surface area contributed by atoms with Gasteiger partial charge in [0.1, 0.15) is 0 Å². The van der Waals surface area contributed by atoms with E-state index < -0.39 is 0 Å². The molecule has 0 aromatic rings. The van der Waals surface area contributed by atoms with E-state index in [0.29, 0.717) is 6.04 Å². The molecule has 0 aromatic carbocycles. The minimum atomic E-state index is 0.681. The van der Waals surface area contributed by atoms with Crippen LogP contribution in [0, 0.1) is 0 Å². The fourth-order valence-corrected chi connectivity index (χ4v) is 2.08. The van der Waals surface area contributed by atoms with Gasteiger partial charge in [-0.05, 0) is 45.9 Å². The van der Waals surface area contributed by atoms with E-state index >= 15 is 0 Å². The van der Waals surface area contributed by atoms with Crippen LogP contribution in [0.2, 0.25) is 0 Å². The molecule has 0 unspecified atom stereocenters. The summed E-state index contributed by atoms with van der Waals surface area (Å²) >= 11 is 0. The zero-order valence-electron chi connectivity index (χ0n) is 13.1. The van der Waals surface area contributed by atoms with E-state index in [9.17, 15) is 0 Å². The van der Waals surface area contributed by atoms with E-state index in [2.05, 4.69) is 43.2 Å². The number of nitrogens with zero attached hydrogens (tertiary/aromatic N) is 1. The Hall–Kier alpha value is -0.120. The first kappa shape index (κ1) is 17.9. The van der Waals surface area contributed by atoms with E-state index in [-0.39, 0.29) is 0 Å². The summed E-state index contributed by atoms with van der Waals surface area (Å²) in [4.78, 5) is 2.46. The first-order valence-corrected chi connectivity index (χ1v) is 7.90. The lowest BCUT2D eigenvalue weighted by Crippen LogP contribution is -2.33. The van der Waals surface area contributed by atoms with Crippen molar-refractivity contribution < 1.29 is 0 Å². The van der Waals surface area contributed by atoms with Crippen LogP contribution in [-0.2, 0) is 0 Å². The smallest absolute Gasteiger partial charge is 0.0107 e. The van der Waals surface area contributed by atoms with Gasteiger partial charge in [0.2, 0.25) is 0 Å². The molecule has 0 amide bonds. The maximum Gasteiger partial charge on any atom is 0.0107 e. The van der Waals surface area contributed by atoms with Gasteiger partial charge in [-0.1, -0.05) is 33.6 Å². The Labute approximate surface area is 115 Å².